The summed E-state index contributed by atoms with van der Waals surface area (Å²) in [5, 5.41) is 3.72. The number of aromatic nitrogens is 1. The molecule has 0 unspecified atom stereocenters. The smallest absolute Gasteiger partial charge is 0.346 e. The van der Waals surface area contributed by atoms with Crippen LogP contribution in [0.5, 0.6) is 0 Å². The van der Waals surface area contributed by atoms with Gasteiger partial charge in [-0.25, -0.2) is 4.98 Å². The lowest BCUT2D eigenvalue weighted by molar-refractivity contribution is -0.136. The third-order valence-corrected chi connectivity index (χ3v) is 5.78. The number of anilines is 2. The number of amides is 1. The number of hydrogen-bond donors (Lipinski definition) is 1. The van der Waals surface area contributed by atoms with Gasteiger partial charge in [0.15, 0.2) is 5.13 Å². The first-order valence-corrected chi connectivity index (χ1v) is 9.29. The Labute approximate surface area is 161 Å². The summed E-state index contributed by atoms with van der Waals surface area (Å²) < 4.78 is 39.8. The molecule has 1 saturated heterocycles. The summed E-state index contributed by atoms with van der Waals surface area (Å²) in [4.78, 5) is 18.3. The first kappa shape index (κ1) is 18.1. The van der Waals surface area contributed by atoms with E-state index in [-0.39, 0.29) is 17.3 Å². The van der Waals surface area contributed by atoms with Gasteiger partial charge in [-0.2, -0.15) is 13.2 Å². The Morgan fingerprint density at radius 2 is 1.93 bits per heavy atom. The highest BCUT2D eigenvalue weighted by Crippen LogP contribution is 2.39. The van der Waals surface area contributed by atoms with E-state index in [2.05, 4.69) is 10.3 Å². The van der Waals surface area contributed by atoms with Crippen molar-refractivity contribution in [2.24, 2.45) is 5.92 Å². The standard InChI is InChI=1S/C18H13ClF3N3OS/c19-12-5-1-2-6-13(12)23-16(26)10-8-25(9-10)17-24-15-11(18(20,21)22)4-3-7-14(15)27-17/h1-7,10H,8-9H2,(H,23,26). The van der Waals surface area contributed by atoms with Gasteiger partial charge in [-0.1, -0.05) is 41.1 Å². The molecule has 1 amide bonds. The van der Waals surface area contributed by atoms with E-state index in [0.717, 1.165) is 6.07 Å². The molecule has 27 heavy (non-hydrogen) atoms. The lowest BCUT2D eigenvalue weighted by Gasteiger charge is -2.38. The minimum atomic E-state index is -4.45. The SMILES string of the molecule is O=C(Nc1ccccc1Cl)C1CN(c2nc3c(C(F)(F)F)cccc3s2)C1. The van der Waals surface area contributed by atoms with E-state index in [9.17, 15) is 18.0 Å². The van der Waals surface area contributed by atoms with Crippen molar-refractivity contribution in [3.05, 3.63) is 53.1 Å². The van der Waals surface area contributed by atoms with Crippen LogP contribution in [0.15, 0.2) is 42.5 Å². The number of benzene rings is 2. The fourth-order valence-electron chi connectivity index (χ4n) is 2.90. The predicted octanol–water partition coefficient (Wildman–Crippen LogP) is 5.04. The maximum Gasteiger partial charge on any atom is 0.418 e. The fourth-order valence-corrected chi connectivity index (χ4v) is 4.09. The molecule has 0 aliphatic carbocycles. The molecule has 1 aliphatic heterocycles. The molecule has 0 spiro atoms. The largest absolute Gasteiger partial charge is 0.418 e. The zero-order valence-corrected chi connectivity index (χ0v) is 15.3. The first-order valence-electron chi connectivity index (χ1n) is 8.10. The van der Waals surface area contributed by atoms with Crippen molar-refractivity contribution in [2.45, 2.75) is 6.18 Å². The van der Waals surface area contributed by atoms with Gasteiger partial charge >= 0.3 is 6.18 Å². The number of thiazole rings is 1. The molecular formula is C18H13ClF3N3OS. The van der Waals surface area contributed by atoms with E-state index in [1.807, 2.05) is 4.90 Å². The molecule has 0 saturated carbocycles. The van der Waals surface area contributed by atoms with E-state index in [4.69, 9.17) is 11.6 Å². The Hall–Kier alpha value is -2.32. The maximum absolute atomic E-state index is 13.1. The highest BCUT2D eigenvalue weighted by molar-refractivity contribution is 7.22. The van der Waals surface area contributed by atoms with Crippen molar-refractivity contribution < 1.29 is 18.0 Å². The normalized spacial score (nSPS) is 15.0. The Morgan fingerprint density at radius 1 is 1.19 bits per heavy atom. The van der Waals surface area contributed by atoms with E-state index in [1.165, 1.54) is 17.4 Å². The quantitative estimate of drug-likeness (QED) is 0.656. The second kappa shape index (κ2) is 6.69. The van der Waals surface area contributed by atoms with Crippen LogP contribution in [0.1, 0.15) is 5.56 Å². The topological polar surface area (TPSA) is 45.2 Å². The number of alkyl halides is 3. The fraction of sp³-hybridized carbons (Fsp3) is 0.222. The molecular weight excluding hydrogens is 399 g/mol. The van der Waals surface area contributed by atoms with Crippen molar-refractivity contribution >= 4 is 49.9 Å². The molecule has 3 aromatic rings. The number of carbonyl (C=O) groups excluding carboxylic acids is 1. The molecule has 1 aromatic heterocycles. The van der Waals surface area contributed by atoms with Gasteiger partial charge in [-0.15, -0.1) is 0 Å². The summed E-state index contributed by atoms with van der Waals surface area (Å²) in [6.45, 7) is 0.801. The van der Waals surface area contributed by atoms with Crippen molar-refractivity contribution in [1.82, 2.24) is 4.98 Å². The van der Waals surface area contributed by atoms with Gasteiger partial charge in [-0.3, -0.25) is 4.79 Å². The van der Waals surface area contributed by atoms with E-state index >= 15 is 0 Å². The summed E-state index contributed by atoms with van der Waals surface area (Å²) in [5.41, 5.74) is -0.248. The van der Waals surface area contributed by atoms with Gasteiger partial charge in [0.1, 0.15) is 0 Å². The maximum atomic E-state index is 13.1. The van der Waals surface area contributed by atoms with Crippen molar-refractivity contribution in [1.29, 1.82) is 0 Å². The lowest BCUT2D eigenvalue weighted by Crippen LogP contribution is -2.52. The van der Waals surface area contributed by atoms with Gasteiger partial charge in [0.2, 0.25) is 5.91 Å². The van der Waals surface area contributed by atoms with Crippen LogP contribution in [-0.2, 0) is 11.0 Å². The zero-order valence-electron chi connectivity index (χ0n) is 13.8. The van der Waals surface area contributed by atoms with Crippen LogP contribution in [-0.4, -0.2) is 24.0 Å². The minimum absolute atomic E-state index is 0.0473. The third-order valence-electron chi connectivity index (χ3n) is 4.37. The summed E-state index contributed by atoms with van der Waals surface area (Å²) in [5.74, 6) is -0.438. The van der Waals surface area contributed by atoms with Crippen LogP contribution in [0.4, 0.5) is 24.0 Å². The Kier molecular flexibility index (Phi) is 4.47. The van der Waals surface area contributed by atoms with Crippen LogP contribution < -0.4 is 10.2 Å². The average Bonchev–Trinajstić information content (AvgIpc) is 2.98. The number of para-hydroxylation sites is 2. The monoisotopic (exact) mass is 411 g/mol. The molecule has 4 nitrogen and oxygen atoms in total. The molecule has 0 bridgehead atoms. The van der Waals surface area contributed by atoms with Gasteiger partial charge < -0.3 is 10.2 Å². The Bertz CT molecular complexity index is 1010. The minimum Gasteiger partial charge on any atom is -0.346 e. The van der Waals surface area contributed by atoms with Crippen molar-refractivity contribution in [2.75, 3.05) is 23.3 Å². The van der Waals surface area contributed by atoms with E-state index in [1.54, 1.807) is 30.3 Å². The summed E-state index contributed by atoms with van der Waals surface area (Å²) >= 11 is 7.22. The van der Waals surface area contributed by atoms with Crippen LogP contribution in [0, 0.1) is 5.92 Å². The molecule has 4 rings (SSSR count). The number of nitrogens with zero attached hydrogens (tertiary/aromatic N) is 2. The molecule has 0 atom stereocenters. The van der Waals surface area contributed by atoms with E-state index in [0.29, 0.717) is 33.6 Å². The number of carbonyl (C=O) groups is 1. The number of fused-ring (bicyclic) bond motifs is 1. The lowest BCUT2D eigenvalue weighted by atomic mass is 10.00. The summed E-state index contributed by atoms with van der Waals surface area (Å²) in [6.07, 6.45) is -4.45. The molecule has 2 aromatic carbocycles. The van der Waals surface area contributed by atoms with Crippen molar-refractivity contribution in [3.8, 4) is 0 Å². The summed E-state index contributed by atoms with van der Waals surface area (Å²) in [6, 6.07) is 11.0. The molecule has 1 N–H and O–H groups in total. The second-order valence-corrected chi connectivity index (χ2v) is 7.63. The highest BCUT2D eigenvalue weighted by atomic mass is 35.5. The zero-order chi connectivity index (χ0) is 19.2. The Balaban J connectivity index is 1.47. The van der Waals surface area contributed by atoms with Gasteiger partial charge in [0.05, 0.1) is 32.4 Å². The van der Waals surface area contributed by atoms with E-state index < -0.39 is 11.7 Å². The Morgan fingerprint density at radius 3 is 2.63 bits per heavy atom. The van der Waals surface area contributed by atoms with Crippen LogP contribution in [0.25, 0.3) is 10.2 Å². The molecule has 9 heteroatoms. The van der Waals surface area contributed by atoms with Gasteiger partial charge in [0, 0.05) is 13.1 Å². The van der Waals surface area contributed by atoms with Crippen LogP contribution >= 0.6 is 22.9 Å². The number of nitrogens with one attached hydrogen (secondary N) is 1. The van der Waals surface area contributed by atoms with Gasteiger partial charge in [-0.05, 0) is 24.3 Å². The average molecular weight is 412 g/mol. The molecule has 1 aliphatic rings. The molecule has 140 valence electrons. The predicted molar refractivity (Wildman–Crippen MR) is 100 cm³/mol. The molecule has 2 heterocycles. The van der Waals surface area contributed by atoms with Crippen LogP contribution in [0.3, 0.4) is 0 Å². The van der Waals surface area contributed by atoms with Gasteiger partial charge in [0.25, 0.3) is 0 Å². The second-order valence-electron chi connectivity index (χ2n) is 6.22. The number of rotatable bonds is 3. The van der Waals surface area contributed by atoms with Crippen LogP contribution in [0.2, 0.25) is 5.02 Å². The number of halogens is 4. The third kappa shape index (κ3) is 3.46. The highest BCUT2D eigenvalue weighted by Gasteiger charge is 2.37. The molecule has 0 radical (unpaired) electrons. The van der Waals surface area contributed by atoms with Crippen molar-refractivity contribution in [3.63, 3.8) is 0 Å². The number of hydrogen-bond acceptors (Lipinski definition) is 4. The first-order chi connectivity index (χ1) is 12.8. The molecule has 1 fully saturated rings. The summed E-state index contributed by atoms with van der Waals surface area (Å²) in [7, 11) is 0.